The fourth-order valence-electron chi connectivity index (χ4n) is 2.04. The molecule has 0 aromatic carbocycles. The minimum atomic E-state index is -0.164. The third-order valence-corrected chi connectivity index (χ3v) is 2.89. The lowest BCUT2D eigenvalue weighted by molar-refractivity contribution is 0.0957. The minimum absolute atomic E-state index is 0.164. The Hall–Kier alpha value is -1.45. The van der Waals surface area contributed by atoms with E-state index in [1.165, 1.54) is 31.9 Å². The van der Waals surface area contributed by atoms with Crippen LogP contribution in [0.15, 0.2) is 12.4 Å². The number of hydrogen-bond acceptors (Lipinski definition) is 3. The van der Waals surface area contributed by atoms with Gasteiger partial charge in [-0.1, -0.05) is 12.8 Å². The summed E-state index contributed by atoms with van der Waals surface area (Å²) >= 11 is 0. The Labute approximate surface area is 89.1 Å². The summed E-state index contributed by atoms with van der Waals surface area (Å²) in [5.74, 6) is 0.337. The van der Waals surface area contributed by atoms with E-state index in [2.05, 4.69) is 15.3 Å². The predicted molar refractivity (Wildman–Crippen MR) is 56.6 cm³/mol. The molecule has 1 aromatic heterocycles. The highest BCUT2D eigenvalue weighted by Gasteiger charge is 2.19. The molecule has 80 valence electrons. The Kier molecular flexibility index (Phi) is 2.94. The fourth-order valence-corrected chi connectivity index (χ4v) is 2.04. The lowest BCUT2D eigenvalue weighted by atomic mass is 10.0. The summed E-state index contributed by atoms with van der Waals surface area (Å²) in [7, 11) is 1.60. The molecule has 1 heterocycles. The maximum Gasteiger partial charge on any atom is 0.271 e. The molecule has 2 rings (SSSR count). The van der Waals surface area contributed by atoms with E-state index in [1.807, 2.05) is 0 Å². The predicted octanol–water partition coefficient (Wildman–Crippen LogP) is 1.49. The second kappa shape index (κ2) is 4.38. The van der Waals surface area contributed by atoms with Crippen molar-refractivity contribution < 1.29 is 4.79 Å². The van der Waals surface area contributed by atoms with E-state index in [-0.39, 0.29) is 5.91 Å². The van der Waals surface area contributed by atoms with Gasteiger partial charge in [-0.25, -0.2) is 4.98 Å². The van der Waals surface area contributed by atoms with Gasteiger partial charge < -0.3 is 5.32 Å². The molecule has 4 heteroatoms. The van der Waals surface area contributed by atoms with Gasteiger partial charge in [0.05, 0.1) is 11.9 Å². The van der Waals surface area contributed by atoms with Gasteiger partial charge in [-0.05, 0) is 12.8 Å². The highest BCUT2D eigenvalue weighted by molar-refractivity contribution is 5.91. The largest absolute Gasteiger partial charge is 0.354 e. The van der Waals surface area contributed by atoms with Gasteiger partial charge >= 0.3 is 0 Å². The fraction of sp³-hybridized carbons (Fsp3) is 0.545. The monoisotopic (exact) mass is 205 g/mol. The van der Waals surface area contributed by atoms with Gasteiger partial charge in [-0.3, -0.25) is 9.78 Å². The SMILES string of the molecule is CNC(=O)c1cncc(C2CCCC2)n1. The molecule has 15 heavy (non-hydrogen) atoms. The summed E-state index contributed by atoms with van der Waals surface area (Å²) in [5.41, 5.74) is 1.38. The molecule has 0 bridgehead atoms. The van der Waals surface area contributed by atoms with Crippen molar-refractivity contribution >= 4 is 5.91 Å². The zero-order valence-electron chi connectivity index (χ0n) is 8.86. The molecule has 0 radical (unpaired) electrons. The van der Waals surface area contributed by atoms with Gasteiger partial charge in [-0.2, -0.15) is 0 Å². The number of nitrogens with zero attached hydrogens (tertiary/aromatic N) is 2. The van der Waals surface area contributed by atoms with Crippen molar-refractivity contribution in [3.8, 4) is 0 Å². The lowest BCUT2D eigenvalue weighted by Gasteiger charge is -2.08. The summed E-state index contributed by atoms with van der Waals surface area (Å²) in [6.45, 7) is 0. The number of carbonyl (C=O) groups is 1. The summed E-state index contributed by atoms with van der Waals surface area (Å²) in [5, 5.41) is 2.56. The molecule has 1 N–H and O–H groups in total. The van der Waals surface area contributed by atoms with E-state index in [4.69, 9.17) is 0 Å². The van der Waals surface area contributed by atoms with Crippen LogP contribution < -0.4 is 5.32 Å². The van der Waals surface area contributed by atoms with Crippen molar-refractivity contribution in [2.45, 2.75) is 31.6 Å². The van der Waals surface area contributed by atoms with Crippen molar-refractivity contribution in [1.29, 1.82) is 0 Å². The molecule has 1 aromatic rings. The Morgan fingerprint density at radius 3 is 2.80 bits per heavy atom. The van der Waals surface area contributed by atoms with Gasteiger partial charge in [0.15, 0.2) is 0 Å². The molecule has 1 amide bonds. The maximum atomic E-state index is 11.4. The molecule has 0 unspecified atom stereocenters. The molecule has 1 aliphatic rings. The van der Waals surface area contributed by atoms with Crippen LogP contribution in [0.2, 0.25) is 0 Å². The zero-order chi connectivity index (χ0) is 10.7. The number of rotatable bonds is 2. The van der Waals surface area contributed by atoms with Crippen LogP contribution in [0.25, 0.3) is 0 Å². The molecule has 1 fully saturated rings. The van der Waals surface area contributed by atoms with Crippen LogP contribution >= 0.6 is 0 Å². The molecule has 0 atom stereocenters. The second-order valence-electron chi connectivity index (χ2n) is 3.89. The first-order valence-electron chi connectivity index (χ1n) is 5.35. The van der Waals surface area contributed by atoms with E-state index in [0.29, 0.717) is 11.6 Å². The Morgan fingerprint density at radius 1 is 1.40 bits per heavy atom. The molecule has 1 aliphatic carbocycles. The molecule has 1 saturated carbocycles. The normalized spacial score (nSPS) is 16.6. The second-order valence-corrected chi connectivity index (χ2v) is 3.89. The van der Waals surface area contributed by atoms with Crippen molar-refractivity contribution in [2.24, 2.45) is 0 Å². The van der Waals surface area contributed by atoms with Gasteiger partial charge in [0.2, 0.25) is 0 Å². The number of carbonyl (C=O) groups excluding carboxylic acids is 1. The van der Waals surface area contributed by atoms with Crippen molar-refractivity contribution in [1.82, 2.24) is 15.3 Å². The molecule has 0 spiro atoms. The Morgan fingerprint density at radius 2 is 2.13 bits per heavy atom. The number of hydrogen-bond donors (Lipinski definition) is 1. The van der Waals surface area contributed by atoms with Crippen molar-refractivity contribution in [3.63, 3.8) is 0 Å². The quantitative estimate of drug-likeness (QED) is 0.796. The smallest absolute Gasteiger partial charge is 0.271 e. The average molecular weight is 205 g/mol. The van der Waals surface area contributed by atoms with E-state index in [0.717, 1.165) is 5.69 Å². The maximum absolute atomic E-state index is 11.4. The van der Waals surface area contributed by atoms with Crippen LogP contribution in [0.3, 0.4) is 0 Å². The minimum Gasteiger partial charge on any atom is -0.354 e. The number of amides is 1. The molecule has 0 aliphatic heterocycles. The average Bonchev–Trinajstić information content (AvgIpc) is 2.82. The highest BCUT2D eigenvalue weighted by Crippen LogP contribution is 2.32. The number of aromatic nitrogens is 2. The summed E-state index contributed by atoms with van der Waals surface area (Å²) in [4.78, 5) is 19.8. The van der Waals surface area contributed by atoms with Crippen LogP contribution in [0.4, 0.5) is 0 Å². The van der Waals surface area contributed by atoms with Crippen LogP contribution in [-0.2, 0) is 0 Å². The topological polar surface area (TPSA) is 54.9 Å². The van der Waals surface area contributed by atoms with Crippen molar-refractivity contribution in [2.75, 3.05) is 7.05 Å². The van der Waals surface area contributed by atoms with Crippen LogP contribution in [0, 0.1) is 0 Å². The molecule has 4 nitrogen and oxygen atoms in total. The van der Waals surface area contributed by atoms with E-state index in [1.54, 1.807) is 13.2 Å². The third-order valence-electron chi connectivity index (χ3n) is 2.89. The molecular formula is C11H15N3O. The molecule has 0 saturated heterocycles. The van der Waals surface area contributed by atoms with E-state index >= 15 is 0 Å². The molecular weight excluding hydrogens is 190 g/mol. The Bertz CT molecular complexity index is 359. The lowest BCUT2D eigenvalue weighted by Crippen LogP contribution is -2.20. The van der Waals surface area contributed by atoms with Gasteiger partial charge in [0.25, 0.3) is 5.91 Å². The van der Waals surface area contributed by atoms with E-state index in [9.17, 15) is 4.79 Å². The van der Waals surface area contributed by atoms with Crippen LogP contribution in [-0.4, -0.2) is 22.9 Å². The first-order valence-corrected chi connectivity index (χ1v) is 5.35. The van der Waals surface area contributed by atoms with Crippen molar-refractivity contribution in [3.05, 3.63) is 23.8 Å². The summed E-state index contributed by atoms with van der Waals surface area (Å²) < 4.78 is 0. The van der Waals surface area contributed by atoms with Crippen LogP contribution in [0.5, 0.6) is 0 Å². The van der Waals surface area contributed by atoms with E-state index < -0.39 is 0 Å². The van der Waals surface area contributed by atoms with Crippen LogP contribution in [0.1, 0.15) is 47.8 Å². The first kappa shape index (κ1) is 10.1. The number of nitrogens with one attached hydrogen (secondary N) is 1. The van der Waals surface area contributed by atoms with Gasteiger partial charge in [-0.15, -0.1) is 0 Å². The third kappa shape index (κ3) is 2.14. The first-order chi connectivity index (χ1) is 7.31. The van der Waals surface area contributed by atoms with Gasteiger partial charge in [0.1, 0.15) is 5.69 Å². The highest BCUT2D eigenvalue weighted by atomic mass is 16.1. The summed E-state index contributed by atoms with van der Waals surface area (Å²) in [6, 6.07) is 0. The standard InChI is InChI=1S/C11H15N3O/c1-12-11(15)10-7-13-6-9(14-10)8-4-2-3-5-8/h6-8H,2-5H2,1H3,(H,12,15). The Balaban J connectivity index is 2.21. The summed E-state index contributed by atoms with van der Waals surface area (Å²) in [6.07, 6.45) is 8.16. The van der Waals surface area contributed by atoms with Gasteiger partial charge in [0, 0.05) is 19.2 Å². The zero-order valence-corrected chi connectivity index (χ0v) is 8.86.